The molecule has 0 radical (unpaired) electrons. The highest BCUT2D eigenvalue weighted by Gasteiger charge is 2.32. The molecule has 9 aromatic rings. The predicted molar refractivity (Wildman–Crippen MR) is 270 cm³/mol. The Labute approximate surface area is 383 Å². The van der Waals surface area contributed by atoms with Gasteiger partial charge in [0.25, 0.3) is 0 Å². The van der Waals surface area contributed by atoms with Crippen molar-refractivity contribution in [3.8, 4) is 56.0 Å². The molecule has 3 N–H and O–H groups in total. The maximum atomic E-state index is 10.8. The average Bonchev–Trinajstić information content (AvgIpc) is 4.22. The van der Waals surface area contributed by atoms with Crippen LogP contribution in [0.1, 0.15) is 45.9 Å². The minimum Gasteiger partial charge on any atom is -0.508 e. The lowest BCUT2D eigenvalue weighted by atomic mass is 9.90. The molecule has 1 unspecified atom stereocenters. The molecule has 3 aliphatic heterocycles. The van der Waals surface area contributed by atoms with E-state index >= 15 is 0 Å². The van der Waals surface area contributed by atoms with Gasteiger partial charge in [-0.15, -0.1) is 0 Å². The van der Waals surface area contributed by atoms with E-state index < -0.39 is 0 Å². The predicted octanol–water partition coefficient (Wildman–Crippen LogP) is 14.4. The van der Waals surface area contributed by atoms with Gasteiger partial charge in [-0.2, -0.15) is 0 Å². The van der Waals surface area contributed by atoms with Gasteiger partial charge >= 0.3 is 0 Å². The summed E-state index contributed by atoms with van der Waals surface area (Å²) >= 11 is 0. The van der Waals surface area contributed by atoms with E-state index in [4.69, 9.17) is 14.7 Å². The van der Waals surface area contributed by atoms with E-state index in [1.54, 1.807) is 6.07 Å². The second-order valence-electron chi connectivity index (χ2n) is 17.1. The van der Waals surface area contributed by atoms with Crippen LogP contribution in [0.5, 0.6) is 11.5 Å². The summed E-state index contributed by atoms with van der Waals surface area (Å²) in [5.74, 6) is 1.16. The fourth-order valence-electron chi connectivity index (χ4n) is 9.88. The zero-order chi connectivity index (χ0) is 44.0. The van der Waals surface area contributed by atoms with Crippen LogP contribution in [0.15, 0.2) is 188 Å². The normalized spacial score (nSPS) is 14.1. The summed E-state index contributed by atoms with van der Waals surface area (Å²) in [6.45, 7) is 0. The Hall–Kier alpha value is -8.48. The number of aryl methyl sites for hydroxylation is 1. The number of aromatic nitrogens is 4. The Bertz CT molecular complexity index is 3530. The lowest BCUT2D eigenvalue weighted by molar-refractivity contribution is 0.226. The quantitative estimate of drug-likeness (QED) is 0.149. The summed E-state index contributed by atoms with van der Waals surface area (Å²) in [7, 11) is 0. The fraction of sp³-hybridized carbons (Fsp3) is 0.0667. The topological polar surface area (TPSA) is 86.8 Å². The summed E-state index contributed by atoms with van der Waals surface area (Å²) in [5, 5.41) is 10.8. The summed E-state index contributed by atoms with van der Waals surface area (Å²) in [6.07, 6.45) is 8.37. The molecule has 6 aromatic carbocycles. The third kappa shape index (κ3) is 7.09. The van der Waals surface area contributed by atoms with Crippen LogP contribution >= 0.6 is 0 Å². The molecule has 1 atom stereocenters. The molecular formula is C60H44N4O2. The van der Waals surface area contributed by atoms with E-state index in [0.717, 1.165) is 125 Å². The molecule has 0 fully saturated rings. The van der Waals surface area contributed by atoms with Crippen molar-refractivity contribution < 1.29 is 9.84 Å². The monoisotopic (exact) mass is 852 g/mol. The number of H-pyrrole nitrogens is 2. The SMILES string of the molecule is Oc1ccccc1Cc1cccc2c1OC(C1=Cc3nc1c(-c1ccccc1)c1ccc([nH]1)c(-c1ccccc1)c1nc(c(-c4ccccc4)c4ccc([nH]4)c3-c3ccccc3)C=C1)CC2. The molecule has 3 aliphatic rings. The molecule has 6 nitrogen and oxygen atoms in total. The number of rotatable bonds is 7. The first-order chi connectivity index (χ1) is 32.6. The fourth-order valence-corrected chi connectivity index (χ4v) is 9.88. The number of phenolic OH excluding ortho intramolecular Hbond substituents is 1. The molecule has 0 aliphatic carbocycles. The van der Waals surface area contributed by atoms with E-state index in [1.807, 2.05) is 18.2 Å². The number of aromatic amines is 2. The van der Waals surface area contributed by atoms with Crippen LogP contribution in [-0.2, 0) is 12.8 Å². The van der Waals surface area contributed by atoms with Crippen molar-refractivity contribution in [2.24, 2.45) is 0 Å². The molecule has 8 bridgehead atoms. The Balaban J connectivity index is 1.18. The number of hydrogen-bond acceptors (Lipinski definition) is 4. The molecule has 0 saturated carbocycles. The lowest BCUT2D eigenvalue weighted by Crippen LogP contribution is -2.25. The molecule has 66 heavy (non-hydrogen) atoms. The minimum absolute atomic E-state index is 0.282. The van der Waals surface area contributed by atoms with Crippen molar-refractivity contribution in [2.45, 2.75) is 25.4 Å². The number of benzene rings is 6. The van der Waals surface area contributed by atoms with Crippen LogP contribution in [-0.4, -0.2) is 31.1 Å². The van der Waals surface area contributed by atoms with Crippen LogP contribution in [0.4, 0.5) is 0 Å². The number of nitrogens with one attached hydrogen (secondary N) is 2. The number of ether oxygens (including phenoxy) is 1. The summed E-state index contributed by atoms with van der Waals surface area (Å²) in [4.78, 5) is 19.0. The van der Waals surface area contributed by atoms with Gasteiger partial charge < -0.3 is 19.8 Å². The van der Waals surface area contributed by atoms with Crippen LogP contribution in [0.2, 0.25) is 0 Å². The first-order valence-electron chi connectivity index (χ1n) is 22.6. The van der Waals surface area contributed by atoms with Crippen molar-refractivity contribution in [3.05, 3.63) is 228 Å². The van der Waals surface area contributed by atoms with Gasteiger partial charge in [0.05, 0.1) is 22.8 Å². The van der Waals surface area contributed by atoms with Crippen LogP contribution in [0.25, 0.3) is 90.4 Å². The smallest absolute Gasteiger partial charge is 0.126 e. The van der Waals surface area contributed by atoms with E-state index in [9.17, 15) is 5.11 Å². The van der Waals surface area contributed by atoms with E-state index in [0.29, 0.717) is 6.42 Å². The molecule has 12 rings (SSSR count). The zero-order valence-corrected chi connectivity index (χ0v) is 36.1. The van der Waals surface area contributed by atoms with E-state index in [1.165, 1.54) is 5.56 Å². The maximum absolute atomic E-state index is 10.8. The summed E-state index contributed by atoms with van der Waals surface area (Å²) in [5.41, 5.74) is 19.5. The van der Waals surface area contributed by atoms with Crippen LogP contribution < -0.4 is 4.74 Å². The molecule has 0 spiro atoms. The van der Waals surface area contributed by atoms with Crippen molar-refractivity contribution in [3.63, 3.8) is 0 Å². The van der Waals surface area contributed by atoms with Gasteiger partial charge in [-0.3, -0.25) is 0 Å². The number of para-hydroxylation sites is 2. The van der Waals surface area contributed by atoms with Gasteiger partial charge in [-0.25, -0.2) is 9.97 Å². The van der Waals surface area contributed by atoms with Gasteiger partial charge in [-0.05, 0) is 100 Å². The molecule has 6 heteroatoms. The number of phenols is 1. The number of aromatic hydroxyl groups is 1. The number of nitrogens with zero attached hydrogens (tertiary/aromatic N) is 2. The highest BCUT2D eigenvalue weighted by Crippen LogP contribution is 2.45. The first kappa shape index (κ1) is 39.1. The second-order valence-corrected chi connectivity index (χ2v) is 17.1. The summed E-state index contributed by atoms with van der Waals surface area (Å²) < 4.78 is 7.28. The van der Waals surface area contributed by atoms with E-state index in [-0.39, 0.29) is 11.9 Å². The van der Waals surface area contributed by atoms with Gasteiger partial charge in [0.1, 0.15) is 17.6 Å². The molecule has 316 valence electrons. The molecule has 3 aromatic heterocycles. The van der Waals surface area contributed by atoms with Crippen molar-refractivity contribution in [1.29, 1.82) is 0 Å². The Kier molecular flexibility index (Phi) is 9.83. The van der Waals surface area contributed by atoms with Gasteiger partial charge in [-0.1, -0.05) is 158 Å². The van der Waals surface area contributed by atoms with E-state index in [2.05, 4.69) is 192 Å². The standard InChI is InChI=1S/C60H44N4O2/c65-53-27-14-13-24-43(53)36-44-26-15-25-42-28-35-54(66-60(42)44)45-37-52-57(40-20-9-3-10-21-40)50-32-31-48(62-50)55(38-16-5-1-6-17-38)46-29-30-47(61-46)56(39-18-7-2-8-19-39)49-33-34-51(63-49)58(59(45)64-52)41-22-11-4-12-23-41/h1-27,29-34,37,54,62-63,65H,28,35-36H2. The molecule has 0 amide bonds. The van der Waals surface area contributed by atoms with Crippen molar-refractivity contribution in [1.82, 2.24) is 19.9 Å². The zero-order valence-electron chi connectivity index (χ0n) is 36.1. The highest BCUT2D eigenvalue weighted by molar-refractivity contribution is 6.02. The number of fused-ring (bicyclic) bond motifs is 9. The Morgan fingerprint density at radius 2 is 0.939 bits per heavy atom. The third-order valence-electron chi connectivity index (χ3n) is 13.0. The number of hydrogen-bond donors (Lipinski definition) is 3. The lowest BCUT2D eigenvalue weighted by Gasteiger charge is -2.29. The van der Waals surface area contributed by atoms with Crippen LogP contribution in [0, 0.1) is 0 Å². The Morgan fingerprint density at radius 3 is 1.48 bits per heavy atom. The largest absolute Gasteiger partial charge is 0.508 e. The van der Waals surface area contributed by atoms with Gasteiger partial charge in [0, 0.05) is 56.3 Å². The minimum atomic E-state index is -0.318. The highest BCUT2D eigenvalue weighted by atomic mass is 16.5. The van der Waals surface area contributed by atoms with Crippen molar-refractivity contribution in [2.75, 3.05) is 0 Å². The summed E-state index contributed by atoms with van der Waals surface area (Å²) in [6, 6.07) is 64.8. The molecule has 0 saturated heterocycles. The average molecular weight is 853 g/mol. The van der Waals surface area contributed by atoms with Crippen molar-refractivity contribution >= 4 is 45.9 Å². The van der Waals surface area contributed by atoms with Gasteiger partial charge in [0.15, 0.2) is 0 Å². The maximum Gasteiger partial charge on any atom is 0.126 e. The third-order valence-corrected chi connectivity index (χ3v) is 13.0. The van der Waals surface area contributed by atoms with Gasteiger partial charge in [0.2, 0.25) is 0 Å². The second kappa shape index (κ2) is 16.6. The first-order valence-corrected chi connectivity index (χ1v) is 22.6. The van der Waals surface area contributed by atoms with Crippen LogP contribution in [0.3, 0.4) is 0 Å². The Morgan fingerprint density at radius 1 is 0.470 bits per heavy atom. The molecule has 6 heterocycles. The molecular weight excluding hydrogens is 809 g/mol.